The van der Waals surface area contributed by atoms with E-state index in [0.717, 1.165) is 12.1 Å². The molecule has 0 saturated carbocycles. The van der Waals surface area contributed by atoms with E-state index in [0.29, 0.717) is 0 Å². The minimum absolute atomic E-state index is 0.138. The number of hydrogen-bond acceptors (Lipinski definition) is 3. The predicted octanol–water partition coefficient (Wildman–Crippen LogP) is 2.79. The number of likely N-dealkylation sites (N-methyl/N-ethyl adjacent to an activating group) is 1. The summed E-state index contributed by atoms with van der Waals surface area (Å²) in [6.07, 6.45) is 2.14. The van der Waals surface area contributed by atoms with Gasteiger partial charge in [-0.15, -0.1) is 11.3 Å². The zero-order chi connectivity index (χ0) is 11.4. The normalized spacial score (nSPS) is 12.6. The van der Waals surface area contributed by atoms with E-state index in [2.05, 4.69) is 21.7 Å². The van der Waals surface area contributed by atoms with Crippen molar-refractivity contribution in [2.75, 3.05) is 7.05 Å². The van der Waals surface area contributed by atoms with Crippen LogP contribution in [0.25, 0.3) is 0 Å². The number of nitrogens with zero attached hydrogens (tertiary/aromatic N) is 1. The van der Waals surface area contributed by atoms with Crippen molar-refractivity contribution < 1.29 is 4.39 Å². The summed E-state index contributed by atoms with van der Waals surface area (Å²) < 4.78 is 12.8. The van der Waals surface area contributed by atoms with Gasteiger partial charge in [-0.05, 0) is 30.6 Å². The Morgan fingerprint density at radius 1 is 1.44 bits per heavy atom. The molecule has 0 aromatic carbocycles. The first-order chi connectivity index (χ1) is 7.79. The van der Waals surface area contributed by atoms with Gasteiger partial charge in [0.1, 0.15) is 5.82 Å². The van der Waals surface area contributed by atoms with Crippen molar-refractivity contribution in [3.05, 3.63) is 52.2 Å². The highest BCUT2D eigenvalue weighted by atomic mass is 32.1. The van der Waals surface area contributed by atoms with E-state index in [-0.39, 0.29) is 11.9 Å². The van der Waals surface area contributed by atoms with Gasteiger partial charge in [-0.3, -0.25) is 4.98 Å². The highest BCUT2D eigenvalue weighted by Crippen LogP contribution is 2.19. The van der Waals surface area contributed by atoms with Crippen LogP contribution >= 0.6 is 11.3 Å². The minimum atomic E-state index is -0.297. The van der Waals surface area contributed by atoms with Crippen molar-refractivity contribution >= 4 is 11.3 Å². The van der Waals surface area contributed by atoms with E-state index >= 15 is 0 Å². The summed E-state index contributed by atoms with van der Waals surface area (Å²) in [5.74, 6) is -0.297. The van der Waals surface area contributed by atoms with E-state index in [1.807, 2.05) is 13.1 Å². The van der Waals surface area contributed by atoms with Gasteiger partial charge in [-0.1, -0.05) is 6.07 Å². The van der Waals surface area contributed by atoms with Gasteiger partial charge in [0, 0.05) is 11.3 Å². The SMILES string of the molecule is CNC(Cc1cccs1)c1ccc(F)cn1. The van der Waals surface area contributed by atoms with E-state index < -0.39 is 0 Å². The molecule has 0 aliphatic rings. The lowest BCUT2D eigenvalue weighted by molar-refractivity contribution is 0.569. The smallest absolute Gasteiger partial charge is 0.141 e. The van der Waals surface area contributed by atoms with Crippen LogP contribution in [-0.2, 0) is 6.42 Å². The third-order valence-corrected chi connectivity index (χ3v) is 3.34. The Bertz CT molecular complexity index is 425. The topological polar surface area (TPSA) is 24.9 Å². The number of halogens is 1. The van der Waals surface area contributed by atoms with Crippen molar-refractivity contribution in [3.63, 3.8) is 0 Å². The second-order valence-corrected chi connectivity index (χ2v) is 4.56. The van der Waals surface area contributed by atoms with Crippen LogP contribution in [0.3, 0.4) is 0 Å². The summed E-state index contributed by atoms with van der Waals surface area (Å²) in [5.41, 5.74) is 0.873. The van der Waals surface area contributed by atoms with Crippen LogP contribution in [0.15, 0.2) is 35.8 Å². The van der Waals surface area contributed by atoms with Gasteiger partial charge in [0.15, 0.2) is 0 Å². The second-order valence-electron chi connectivity index (χ2n) is 3.53. The Morgan fingerprint density at radius 3 is 2.88 bits per heavy atom. The molecule has 16 heavy (non-hydrogen) atoms. The molecule has 2 rings (SSSR count). The fourth-order valence-corrected chi connectivity index (χ4v) is 2.33. The Kier molecular flexibility index (Phi) is 3.64. The fraction of sp³-hybridized carbons (Fsp3) is 0.250. The van der Waals surface area contributed by atoms with Gasteiger partial charge in [0.25, 0.3) is 0 Å². The molecule has 1 N–H and O–H groups in total. The number of nitrogens with one attached hydrogen (secondary N) is 1. The first-order valence-electron chi connectivity index (χ1n) is 5.10. The largest absolute Gasteiger partial charge is 0.311 e. The first kappa shape index (κ1) is 11.2. The maximum absolute atomic E-state index is 12.8. The van der Waals surface area contributed by atoms with Gasteiger partial charge in [0.2, 0.25) is 0 Å². The first-order valence-corrected chi connectivity index (χ1v) is 5.98. The maximum atomic E-state index is 12.8. The molecule has 4 heteroatoms. The molecule has 1 atom stereocenters. The molecule has 0 aliphatic carbocycles. The Morgan fingerprint density at radius 2 is 2.31 bits per heavy atom. The molecule has 0 fully saturated rings. The van der Waals surface area contributed by atoms with Gasteiger partial charge < -0.3 is 5.32 Å². The zero-order valence-corrected chi connectivity index (χ0v) is 9.80. The maximum Gasteiger partial charge on any atom is 0.141 e. The van der Waals surface area contributed by atoms with Crippen molar-refractivity contribution in [2.24, 2.45) is 0 Å². The lowest BCUT2D eigenvalue weighted by atomic mass is 10.1. The molecule has 0 saturated heterocycles. The van der Waals surface area contributed by atoms with Crippen LogP contribution < -0.4 is 5.32 Å². The van der Waals surface area contributed by atoms with Crippen LogP contribution in [0.4, 0.5) is 4.39 Å². The molecule has 2 aromatic rings. The highest BCUT2D eigenvalue weighted by Gasteiger charge is 2.11. The van der Waals surface area contributed by atoms with Gasteiger partial charge >= 0.3 is 0 Å². The highest BCUT2D eigenvalue weighted by molar-refractivity contribution is 7.09. The molecular formula is C12H13FN2S. The summed E-state index contributed by atoms with van der Waals surface area (Å²) >= 11 is 1.72. The number of pyridine rings is 1. The quantitative estimate of drug-likeness (QED) is 0.883. The lowest BCUT2D eigenvalue weighted by Crippen LogP contribution is -2.19. The molecule has 1 unspecified atom stereocenters. The molecule has 2 aromatic heterocycles. The number of aromatic nitrogens is 1. The van der Waals surface area contributed by atoms with Gasteiger partial charge in [-0.2, -0.15) is 0 Å². The van der Waals surface area contributed by atoms with Crippen molar-refractivity contribution in [3.8, 4) is 0 Å². The van der Waals surface area contributed by atoms with Gasteiger partial charge in [-0.25, -0.2) is 4.39 Å². The third kappa shape index (κ3) is 2.65. The van der Waals surface area contributed by atoms with Crippen LogP contribution in [0, 0.1) is 5.82 Å². The fourth-order valence-electron chi connectivity index (χ4n) is 1.58. The standard InChI is InChI=1S/C12H13FN2S/c1-14-12(7-10-3-2-6-16-10)11-5-4-9(13)8-15-11/h2-6,8,12,14H,7H2,1H3. The zero-order valence-electron chi connectivity index (χ0n) is 8.98. The molecule has 0 bridgehead atoms. The van der Waals surface area contributed by atoms with Crippen LogP contribution in [0.1, 0.15) is 16.6 Å². The Balaban J connectivity index is 2.13. The molecule has 0 spiro atoms. The van der Waals surface area contributed by atoms with E-state index in [1.54, 1.807) is 17.4 Å². The predicted molar refractivity (Wildman–Crippen MR) is 64.0 cm³/mol. The average molecular weight is 236 g/mol. The van der Waals surface area contributed by atoms with Crippen LogP contribution in [0.2, 0.25) is 0 Å². The summed E-state index contributed by atoms with van der Waals surface area (Å²) in [7, 11) is 1.89. The summed E-state index contributed by atoms with van der Waals surface area (Å²) in [6.45, 7) is 0. The van der Waals surface area contributed by atoms with E-state index in [1.165, 1.54) is 17.1 Å². The third-order valence-electron chi connectivity index (χ3n) is 2.44. The van der Waals surface area contributed by atoms with Gasteiger partial charge in [0.05, 0.1) is 17.9 Å². The average Bonchev–Trinajstić information content (AvgIpc) is 2.80. The lowest BCUT2D eigenvalue weighted by Gasteiger charge is -2.14. The molecule has 84 valence electrons. The molecule has 2 heterocycles. The molecule has 0 aliphatic heterocycles. The molecule has 0 amide bonds. The molecule has 2 nitrogen and oxygen atoms in total. The van der Waals surface area contributed by atoms with E-state index in [4.69, 9.17) is 0 Å². The summed E-state index contributed by atoms with van der Waals surface area (Å²) in [5, 5.41) is 5.25. The Labute approximate surface area is 98.2 Å². The molecule has 0 radical (unpaired) electrons. The number of rotatable bonds is 4. The van der Waals surface area contributed by atoms with Crippen molar-refractivity contribution in [1.29, 1.82) is 0 Å². The monoisotopic (exact) mass is 236 g/mol. The molecular weight excluding hydrogens is 223 g/mol. The van der Waals surface area contributed by atoms with E-state index in [9.17, 15) is 4.39 Å². The van der Waals surface area contributed by atoms with Crippen LogP contribution in [-0.4, -0.2) is 12.0 Å². The number of hydrogen-bond donors (Lipinski definition) is 1. The number of thiophene rings is 1. The van der Waals surface area contributed by atoms with Crippen molar-refractivity contribution in [2.45, 2.75) is 12.5 Å². The van der Waals surface area contributed by atoms with Crippen molar-refractivity contribution in [1.82, 2.24) is 10.3 Å². The minimum Gasteiger partial charge on any atom is -0.311 e. The summed E-state index contributed by atoms with van der Waals surface area (Å²) in [6, 6.07) is 7.44. The second kappa shape index (κ2) is 5.18. The Hall–Kier alpha value is -1.26. The summed E-state index contributed by atoms with van der Waals surface area (Å²) in [4.78, 5) is 5.39. The van der Waals surface area contributed by atoms with Crippen LogP contribution in [0.5, 0.6) is 0 Å².